The maximum absolute atomic E-state index is 6.07. The molecule has 92 valence electrons. The summed E-state index contributed by atoms with van der Waals surface area (Å²) in [6.07, 6.45) is 0. The number of amidine groups is 1. The first-order valence-corrected chi connectivity index (χ1v) is 6.95. The van der Waals surface area contributed by atoms with Gasteiger partial charge in [0.25, 0.3) is 0 Å². The number of benzene rings is 2. The van der Waals surface area contributed by atoms with Gasteiger partial charge in [0.15, 0.2) is 0 Å². The lowest BCUT2D eigenvalue weighted by Crippen LogP contribution is -2.13. The fraction of sp³-hybridized carbons (Fsp3) is 0. The average Bonchev–Trinajstić information content (AvgIpc) is 2.32. The van der Waals surface area contributed by atoms with Gasteiger partial charge in [-0.15, -0.1) is 0 Å². The van der Waals surface area contributed by atoms with E-state index in [2.05, 4.69) is 27.6 Å². The van der Waals surface area contributed by atoms with Gasteiger partial charge in [-0.25, -0.2) is 4.99 Å². The molecule has 0 spiro atoms. The standard InChI is InChI=1S/C13H9Cl2IN2/c14-8-1-6-11(12(15)7-8)13(17)18-10-4-2-9(16)3-5-10/h1-7H,(H2,17,18). The number of hydrogen-bond acceptors (Lipinski definition) is 1. The van der Waals surface area contributed by atoms with Gasteiger partial charge in [-0.05, 0) is 65.1 Å². The summed E-state index contributed by atoms with van der Waals surface area (Å²) in [6.45, 7) is 0. The van der Waals surface area contributed by atoms with Crippen LogP contribution in [-0.2, 0) is 0 Å². The Labute approximate surface area is 129 Å². The van der Waals surface area contributed by atoms with E-state index < -0.39 is 0 Å². The molecule has 0 saturated heterocycles. The Balaban J connectivity index is 2.35. The number of nitrogens with two attached hydrogens (primary N) is 1. The summed E-state index contributed by atoms with van der Waals surface area (Å²) in [5.74, 6) is 0.373. The van der Waals surface area contributed by atoms with Crippen molar-refractivity contribution < 1.29 is 0 Å². The van der Waals surface area contributed by atoms with Gasteiger partial charge in [0.1, 0.15) is 5.84 Å². The van der Waals surface area contributed by atoms with Crippen molar-refractivity contribution in [1.29, 1.82) is 0 Å². The molecule has 0 radical (unpaired) electrons. The molecule has 0 heterocycles. The van der Waals surface area contributed by atoms with E-state index in [-0.39, 0.29) is 0 Å². The van der Waals surface area contributed by atoms with Gasteiger partial charge in [-0.3, -0.25) is 0 Å². The van der Waals surface area contributed by atoms with E-state index in [0.717, 1.165) is 9.26 Å². The van der Waals surface area contributed by atoms with Gasteiger partial charge in [0.2, 0.25) is 0 Å². The zero-order valence-electron chi connectivity index (χ0n) is 9.20. The minimum absolute atomic E-state index is 0.373. The van der Waals surface area contributed by atoms with Crippen molar-refractivity contribution in [3.05, 3.63) is 61.6 Å². The van der Waals surface area contributed by atoms with E-state index in [4.69, 9.17) is 28.9 Å². The highest BCUT2D eigenvalue weighted by Crippen LogP contribution is 2.22. The van der Waals surface area contributed by atoms with Crippen LogP contribution in [0.3, 0.4) is 0 Å². The van der Waals surface area contributed by atoms with Crippen LogP contribution in [0, 0.1) is 3.57 Å². The van der Waals surface area contributed by atoms with Gasteiger partial charge < -0.3 is 5.73 Å². The van der Waals surface area contributed by atoms with Crippen LogP contribution in [0.4, 0.5) is 5.69 Å². The molecular weight excluding hydrogens is 382 g/mol. The van der Waals surface area contributed by atoms with Crippen molar-refractivity contribution in [2.75, 3.05) is 0 Å². The smallest absolute Gasteiger partial charge is 0.132 e. The quantitative estimate of drug-likeness (QED) is 0.453. The maximum atomic E-state index is 6.07. The molecule has 0 fully saturated rings. The Morgan fingerprint density at radius 2 is 1.72 bits per heavy atom. The fourth-order valence-electron chi connectivity index (χ4n) is 1.41. The lowest BCUT2D eigenvalue weighted by Gasteiger charge is -2.04. The van der Waals surface area contributed by atoms with E-state index in [9.17, 15) is 0 Å². The summed E-state index contributed by atoms with van der Waals surface area (Å²) in [4.78, 5) is 4.32. The first kappa shape index (κ1) is 13.6. The molecule has 0 unspecified atom stereocenters. The predicted octanol–water partition coefficient (Wildman–Crippen LogP) is 4.64. The van der Waals surface area contributed by atoms with Crippen LogP contribution >= 0.6 is 45.8 Å². The Morgan fingerprint density at radius 3 is 2.33 bits per heavy atom. The van der Waals surface area contributed by atoms with Crippen molar-refractivity contribution in [2.45, 2.75) is 0 Å². The molecule has 2 rings (SSSR count). The van der Waals surface area contributed by atoms with Crippen molar-refractivity contribution in [2.24, 2.45) is 10.7 Å². The van der Waals surface area contributed by atoms with Crippen LogP contribution in [0.1, 0.15) is 5.56 Å². The second-order valence-corrected chi connectivity index (χ2v) is 5.69. The van der Waals surface area contributed by atoms with Crippen molar-refractivity contribution in [3.8, 4) is 0 Å². The molecule has 5 heteroatoms. The highest BCUT2D eigenvalue weighted by molar-refractivity contribution is 14.1. The Hall–Kier alpha value is -0.780. The van der Waals surface area contributed by atoms with Gasteiger partial charge in [-0.2, -0.15) is 0 Å². The molecule has 0 saturated carbocycles. The molecule has 0 aliphatic carbocycles. The third kappa shape index (κ3) is 3.37. The van der Waals surface area contributed by atoms with Gasteiger partial charge in [0, 0.05) is 14.2 Å². The topological polar surface area (TPSA) is 38.4 Å². The van der Waals surface area contributed by atoms with Gasteiger partial charge in [0.05, 0.1) is 10.7 Å². The second kappa shape index (κ2) is 5.91. The normalized spacial score (nSPS) is 11.6. The van der Waals surface area contributed by atoms with Crippen LogP contribution in [0.2, 0.25) is 10.0 Å². The van der Waals surface area contributed by atoms with E-state index in [1.54, 1.807) is 18.2 Å². The lowest BCUT2D eigenvalue weighted by molar-refractivity contribution is 1.44. The highest BCUT2D eigenvalue weighted by Gasteiger charge is 2.05. The van der Waals surface area contributed by atoms with Crippen LogP contribution in [-0.4, -0.2) is 5.84 Å². The zero-order valence-corrected chi connectivity index (χ0v) is 12.9. The number of nitrogens with zero attached hydrogens (tertiary/aromatic N) is 1. The molecule has 0 aromatic heterocycles. The number of hydrogen-bond donors (Lipinski definition) is 1. The molecule has 2 N–H and O–H groups in total. The first-order valence-electron chi connectivity index (χ1n) is 5.11. The van der Waals surface area contributed by atoms with Crippen LogP contribution < -0.4 is 5.73 Å². The summed E-state index contributed by atoms with van der Waals surface area (Å²) in [5.41, 5.74) is 7.41. The first-order chi connectivity index (χ1) is 8.56. The number of halogens is 3. The van der Waals surface area contributed by atoms with Crippen molar-refractivity contribution >= 4 is 57.3 Å². The Bertz CT molecular complexity index is 594. The van der Waals surface area contributed by atoms with Crippen LogP contribution in [0.15, 0.2) is 47.5 Å². The Morgan fingerprint density at radius 1 is 1.06 bits per heavy atom. The summed E-state index contributed by atoms with van der Waals surface area (Å²) in [6, 6.07) is 12.9. The van der Waals surface area contributed by atoms with E-state index in [0.29, 0.717) is 21.4 Å². The highest BCUT2D eigenvalue weighted by atomic mass is 127. The summed E-state index contributed by atoms with van der Waals surface area (Å²) in [7, 11) is 0. The summed E-state index contributed by atoms with van der Waals surface area (Å²) < 4.78 is 1.15. The predicted molar refractivity (Wildman–Crippen MR) is 86.0 cm³/mol. The minimum Gasteiger partial charge on any atom is -0.383 e. The summed E-state index contributed by atoms with van der Waals surface area (Å²) in [5, 5.41) is 1.07. The average molecular weight is 391 g/mol. The SMILES string of the molecule is NC(=Nc1ccc(I)cc1)c1ccc(Cl)cc1Cl. The Kier molecular flexibility index (Phi) is 4.48. The summed E-state index contributed by atoms with van der Waals surface area (Å²) >= 11 is 14.1. The number of rotatable bonds is 2. The van der Waals surface area contributed by atoms with E-state index in [1.165, 1.54) is 0 Å². The third-order valence-corrected chi connectivity index (χ3v) is 3.55. The molecule has 2 nitrogen and oxygen atoms in total. The zero-order chi connectivity index (χ0) is 13.1. The molecule has 0 bridgehead atoms. The molecule has 0 aliphatic rings. The van der Waals surface area contributed by atoms with E-state index >= 15 is 0 Å². The molecule has 2 aromatic rings. The monoisotopic (exact) mass is 390 g/mol. The number of aliphatic imine (C=N–C) groups is 1. The van der Waals surface area contributed by atoms with Gasteiger partial charge >= 0.3 is 0 Å². The third-order valence-electron chi connectivity index (χ3n) is 2.28. The molecule has 2 aromatic carbocycles. The van der Waals surface area contributed by atoms with E-state index in [1.807, 2.05) is 24.3 Å². The molecular formula is C13H9Cl2IN2. The molecule has 0 aliphatic heterocycles. The second-order valence-electron chi connectivity index (χ2n) is 3.60. The lowest BCUT2D eigenvalue weighted by atomic mass is 10.2. The largest absolute Gasteiger partial charge is 0.383 e. The van der Waals surface area contributed by atoms with Crippen molar-refractivity contribution in [1.82, 2.24) is 0 Å². The molecule has 18 heavy (non-hydrogen) atoms. The molecule has 0 atom stereocenters. The minimum atomic E-state index is 0.373. The van der Waals surface area contributed by atoms with Gasteiger partial charge in [-0.1, -0.05) is 23.2 Å². The molecule has 0 amide bonds. The van der Waals surface area contributed by atoms with Crippen LogP contribution in [0.25, 0.3) is 0 Å². The van der Waals surface area contributed by atoms with Crippen LogP contribution in [0.5, 0.6) is 0 Å². The van der Waals surface area contributed by atoms with Crippen molar-refractivity contribution in [3.63, 3.8) is 0 Å². The maximum Gasteiger partial charge on any atom is 0.132 e. The fourth-order valence-corrected chi connectivity index (χ4v) is 2.28.